The second kappa shape index (κ2) is 6.96. The monoisotopic (exact) mass is 268 g/mol. The SMILES string of the molecule is CCN(CCO)C(=O)[C@@H](N)Cc1ccc(O)c(O)c1. The smallest absolute Gasteiger partial charge is 0.239 e. The number of phenolic OH excluding ortho intramolecular Hbond substituents is 2. The van der Waals surface area contributed by atoms with Crippen LogP contribution in [0.4, 0.5) is 0 Å². The minimum atomic E-state index is -0.740. The lowest BCUT2D eigenvalue weighted by atomic mass is 10.0. The number of rotatable bonds is 6. The van der Waals surface area contributed by atoms with Crippen LogP contribution in [-0.4, -0.2) is 51.9 Å². The lowest BCUT2D eigenvalue weighted by molar-refractivity contribution is -0.132. The molecule has 19 heavy (non-hydrogen) atoms. The van der Waals surface area contributed by atoms with E-state index in [0.717, 1.165) is 0 Å². The van der Waals surface area contributed by atoms with E-state index in [0.29, 0.717) is 12.1 Å². The fourth-order valence-electron chi connectivity index (χ4n) is 1.82. The van der Waals surface area contributed by atoms with Crippen molar-refractivity contribution in [3.05, 3.63) is 23.8 Å². The highest BCUT2D eigenvalue weighted by atomic mass is 16.3. The maximum Gasteiger partial charge on any atom is 0.239 e. The van der Waals surface area contributed by atoms with Gasteiger partial charge >= 0.3 is 0 Å². The molecule has 0 aliphatic rings. The maximum absolute atomic E-state index is 12.0. The summed E-state index contributed by atoms with van der Waals surface area (Å²) < 4.78 is 0. The van der Waals surface area contributed by atoms with Crippen molar-refractivity contribution in [1.29, 1.82) is 0 Å². The third kappa shape index (κ3) is 4.11. The summed E-state index contributed by atoms with van der Waals surface area (Å²) in [5.74, 6) is -0.692. The Balaban J connectivity index is 2.69. The lowest BCUT2D eigenvalue weighted by Crippen LogP contribution is -2.45. The number of nitrogens with two attached hydrogens (primary N) is 1. The molecule has 1 aromatic carbocycles. The van der Waals surface area contributed by atoms with Gasteiger partial charge in [-0.05, 0) is 31.0 Å². The Morgan fingerprint density at radius 3 is 2.58 bits per heavy atom. The molecule has 1 aromatic rings. The molecule has 0 aliphatic heterocycles. The first kappa shape index (κ1) is 15.3. The van der Waals surface area contributed by atoms with Crippen LogP contribution in [0.5, 0.6) is 11.5 Å². The van der Waals surface area contributed by atoms with Crippen LogP contribution < -0.4 is 5.73 Å². The van der Waals surface area contributed by atoms with Crippen molar-refractivity contribution in [1.82, 2.24) is 4.90 Å². The molecular formula is C13H20N2O4. The van der Waals surface area contributed by atoms with Crippen LogP contribution in [0.25, 0.3) is 0 Å². The number of likely N-dealkylation sites (N-methyl/N-ethyl adjacent to an activating group) is 1. The summed E-state index contributed by atoms with van der Waals surface area (Å²) in [6, 6.07) is 3.60. The molecule has 0 unspecified atom stereocenters. The van der Waals surface area contributed by atoms with Crippen molar-refractivity contribution in [3.63, 3.8) is 0 Å². The molecule has 0 aromatic heterocycles. The van der Waals surface area contributed by atoms with Gasteiger partial charge in [0.25, 0.3) is 0 Å². The molecule has 0 bridgehead atoms. The van der Waals surface area contributed by atoms with E-state index in [9.17, 15) is 15.0 Å². The Morgan fingerprint density at radius 1 is 1.37 bits per heavy atom. The van der Waals surface area contributed by atoms with Crippen molar-refractivity contribution in [2.75, 3.05) is 19.7 Å². The van der Waals surface area contributed by atoms with Crippen LogP contribution in [0.2, 0.25) is 0 Å². The third-order valence-electron chi connectivity index (χ3n) is 2.88. The molecule has 0 heterocycles. The summed E-state index contributed by atoms with van der Waals surface area (Å²) in [5, 5.41) is 27.4. The van der Waals surface area contributed by atoms with Gasteiger partial charge in [0.1, 0.15) is 0 Å². The number of amides is 1. The number of aliphatic hydroxyl groups excluding tert-OH is 1. The van der Waals surface area contributed by atoms with Gasteiger partial charge in [0, 0.05) is 13.1 Å². The predicted molar refractivity (Wildman–Crippen MR) is 70.8 cm³/mol. The molecule has 106 valence electrons. The van der Waals surface area contributed by atoms with Crippen LogP contribution >= 0.6 is 0 Å². The van der Waals surface area contributed by atoms with Gasteiger partial charge in [0.2, 0.25) is 5.91 Å². The second-order valence-corrected chi connectivity index (χ2v) is 4.28. The van der Waals surface area contributed by atoms with Crippen LogP contribution in [0.1, 0.15) is 12.5 Å². The molecule has 0 saturated carbocycles. The number of aliphatic hydroxyl groups is 1. The van der Waals surface area contributed by atoms with Gasteiger partial charge in [-0.1, -0.05) is 6.07 Å². The number of phenols is 2. The van der Waals surface area contributed by atoms with E-state index in [1.54, 1.807) is 6.07 Å². The average molecular weight is 268 g/mol. The Labute approximate surface area is 112 Å². The highest BCUT2D eigenvalue weighted by Crippen LogP contribution is 2.25. The first-order valence-corrected chi connectivity index (χ1v) is 6.15. The molecule has 6 heteroatoms. The summed E-state index contributed by atoms with van der Waals surface area (Å²) in [6.45, 7) is 2.44. The summed E-state index contributed by atoms with van der Waals surface area (Å²) >= 11 is 0. The van der Waals surface area contributed by atoms with Gasteiger partial charge in [-0.3, -0.25) is 4.79 Å². The van der Waals surface area contributed by atoms with Crippen LogP contribution in [0, 0.1) is 0 Å². The normalized spacial score (nSPS) is 12.2. The molecule has 0 spiro atoms. The van der Waals surface area contributed by atoms with Gasteiger partial charge in [0.05, 0.1) is 12.6 Å². The van der Waals surface area contributed by atoms with Crippen LogP contribution in [0.15, 0.2) is 18.2 Å². The molecule has 0 aliphatic carbocycles. The van der Waals surface area contributed by atoms with E-state index in [2.05, 4.69) is 0 Å². The molecule has 0 saturated heterocycles. The molecule has 1 atom stereocenters. The van der Waals surface area contributed by atoms with Crippen molar-refractivity contribution in [2.45, 2.75) is 19.4 Å². The number of aromatic hydroxyl groups is 2. The quantitative estimate of drug-likeness (QED) is 0.535. The average Bonchev–Trinajstić information content (AvgIpc) is 2.39. The third-order valence-corrected chi connectivity index (χ3v) is 2.88. The number of hydrogen-bond acceptors (Lipinski definition) is 5. The van der Waals surface area contributed by atoms with Crippen LogP contribution in [-0.2, 0) is 11.2 Å². The van der Waals surface area contributed by atoms with E-state index in [1.165, 1.54) is 17.0 Å². The Hall–Kier alpha value is -1.79. The first-order valence-electron chi connectivity index (χ1n) is 6.15. The van der Waals surface area contributed by atoms with Gasteiger partial charge in [0.15, 0.2) is 11.5 Å². The fraction of sp³-hybridized carbons (Fsp3) is 0.462. The lowest BCUT2D eigenvalue weighted by Gasteiger charge is -2.23. The molecule has 0 radical (unpaired) electrons. The van der Waals surface area contributed by atoms with Gasteiger partial charge in [-0.15, -0.1) is 0 Å². The number of nitrogens with zero attached hydrogens (tertiary/aromatic N) is 1. The number of carbonyl (C=O) groups excluding carboxylic acids is 1. The highest BCUT2D eigenvalue weighted by molar-refractivity contribution is 5.82. The standard InChI is InChI=1S/C13H20N2O4/c1-2-15(5-6-16)13(19)10(14)7-9-3-4-11(17)12(18)8-9/h3-4,8,10,16-18H,2,5-7,14H2,1H3/t10-/m0/s1. The highest BCUT2D eigenvalue weighted by Gasteiger charge is 2.20. The Bertz CT molecular complexity index is 437. The molecule has 1 rings (SSSR count). The maximum atomic E-state index is 12.0. The minimum absolute atomic E-state index is 0.105. The zero-order valence-corrected chi connectivity index (χ0v) is 10.9. The molecule has 6 nitrogen and oxygen atoms in total. The van der Waals surface area contributed by atoms with Crippen molar-refractivity contribution in [3.8, 4) is 11.5 Å². The van der Waals surface area contributed by atoms with Gasteiger partial charge in [-0.25, -0.2) is 0 Å². The first-order chi connectivity index (χ1) is 8.99. The van der Waals surface area contributed by atoms with Gasteiger partial charge in [-0.2, -0.15) is 0 Å². The van der Waals surface area contributed by atoms with E-state index in [1.807, 2.05) is 6.92 Å². The molecule has 5 N–H and O–H groups in total. The van der Waals surface area contributed by atoms with Gasteiger partial charge < -0.3 is 26.0 Å². The summed E-state index contributed by atoms with van der Waals surface area (Å²) in [6.07, 6.45) is 0.259. The topological polar surface area (TPSA) is 107 Å². The minimum Gasteiger partial charge on any atom is -0.504 e. The summed E-state index contributed by atoms with van der Waals surface area (Å²) in [4.78, 5) is 13.5. The zero-order valence-electron chi connectivity index (χ0n) is 10.9. The molecule has 1 amide bonds. The summed E-state index contributed by atoms with van der Waals surface area (Å²) in [7, 11) is 0. The number of benzene rings is 1. The van der Waals surface area contributed by atoms with E-state index in [-0.39, 0.29) is 37.0 Å². The molecule has 0 fully saturated rings. The van der Waals surface area contributed by atoms with E-state index < -0.39 is 6.04 Å². The zero-order chi connectivity index (χ0) is 14.4. The van der Waals surface area contributed by atoms with Crippen molar-refractivity contribution >= 4 is 5.91 Å². The number of carbonyl (C=O) groups is 1. The fourth-order valence-corrected chi connectivity index (χ4v) is 1.82. The predicted octanol–water partition coefficient (Wildman–Crippen LogP) is -0.192. The largest absolute Gasteiger partial charge is 0.504 e. The Morgan fingerprint density at radius 2 is 2.05 bits per heavy atom. The summed E-state index contributed by atoms with van der Waals surface area (Å²) in [5.41, 5.74) is 6.49. The van der Waals surface area contributed by atoms with Crippen LogP contribution in [0.3, 0.4) is 0 Å². The Kier molecular flexibility index (Phi) is 5.59. The number of hydrogen-bond donors (Lipinski definition) is 4. The van der Waals surface area contributed by atoms with E-state index >= 15 is 0 Å². The van der Waals surface area contributed by atoms with Crippen molar-refractivity contribution in [2.24, 2.45) is 5.73 Å². The van der Waals surface area contributed by atoms with Crippen molar-refractivity contribution < 1.29 is 20.1 Å². The van der Waals surface area contributed by atoms with E-state index in [4.69, 9.17) is 10.8 Å². The second-order valence-electron chi connectivity index (χ2n) is 4.28. The molecular weight excluding hydrogens is 248 g/mol.